The highest BCUT2D eigenvalue weighted by Gasteiger charge is 2.23. The molecule has 1 aliphatic carbocycles. The van der Waals surface area contributed by atoms with E-state index in [1.165, 1.54) is 44.0 Å². The first-order valence-electron chi connectivity index (χ1n) is 16.3. The van der Waals surface area contributed by atoms with Crippen LogP contribution in [0.2, 0.25) is 0 Å². The van der Waals surface area contributed by atoms with E-state index in [1.807, 2.05) is 0 Å². The first kappa shape index (κ1) is 26.1. The van der Waals surface area contributed by atoms with Gasteiger partial charge in [0.2, 0.25) is 0 Å². The van der Waals surface area contributed by atoms with Crippen molar-refractivity contribution < 1.29 is 0 Å². The average molecular weight is 603 g/mol. The summed E-state index contributed by atoms with van der Waals surface area (Å²) in [7, 11) is 0. The van der Waals surface area contributed by atoms with Crippen LogP contribution in [0.3, 0.4) is 0 Å². The van der Waals surface area contributed by atoms with Crippen LogP contribution >= 0.6 is 0 Å². The Hall–Kier alpha value is -6.13. The lowest BCUT2D eigenvalue weighted by molar-refractivity contribution is 0.888. The van der Waals surface area contributed by atoms with Crippen molar-refractivity contribution in [3.05, 3.63) is 163 Å². The van der Waals surface area contributed by atoms with Gasteiger partial charge in [-0.25, -0.2) is 4.98 Å². The van der Waals surface area contributed by atoms with Gasteiger partial charge >= 0.3 is 0 Å². The fourth-order valence-electron chi connectivity index (χ4n) is 7.73. The molecule has 0 saturated carbocycles. The Labute approximate surface area is 272 Å². The van der Waals surface area contributed by atoms with Gasteiger partial charge in [-0.3, -0.25) is 4.40 Å². The van der Waals surface area contributed by atoms with E-state index < -0.39 is 0 Å². The Morgan fingerprint density at radius 1 is 0.532 bits per heavy atom. The Bertz CT molecular complexity index is 2630. The lowest BCUT2D eigenvalue weighted by Gasteiger charge is -2.18. The van der Waals surface area contributed by atoms with Crippen LogP contribution in [-0.4, -0.2) is 18.5 Å². The highest BCUT2D eigenvalue weighted by Crippen LogP contribution is 2.40. The normalized spacial score (nSPS) is 12.9. The SMILES string of the molecule is C1=Cc2c(n(-c3cc(-c4c(-c5ccccc5)nc5ccccn45)cc(-n4c5ccccc5c5ccccc54)c3)c3ccccc23)CC1. The maximum absolute atomic E-state index is 5.20. The first-order chi connectivity index (χ1) is 23.3. The Balaban J connectivity index is 1.35. The summed E-state index contributed by atoms with van der Waals surface area (Å²) in [5.74, 6) is 0. The second-order valence-electron chi connectivity index (χ2n) is 12.4. The van der Waals surface area contributed by atoms with Crippen LogP contribution < -0.4 is 0 Å². The minimum atomic E-state index is 0.930. The summed E-state index contributed by atoms with van der Waals surface area (Å²) in [5, 5.41) is 3.80. The summed E-state index contributed by atoms with van der Waals surface area (Å²) >= 11 is 0. The molecule has 0 unspecified atom stereocenters. The topological polar surface area (TPSA) is 27.2 Å². The van der Waals surface area contributed by atoms with Crippen molar-refractivity contribution in [3.63, 3.8) is 0 Å². The molecule has 0 saturated heterocycles. The van der Waals surface area contributed by atoms with Crippen molar-refractivity contribution in [1.82, 2.24) is 18.5 Å². The van der Waals surface area contributed by atoms with Gasteiger partial charge in [0.25, 0.3) is 0 Å². The van der Waals surface area contributed by atoms with Crippen LogP contribution in [0.5, 0.6) is 0 Å². The average Bonchev–Trinajstić information content (AvgIpc) is 3.80. The van der Waals surface area contributed by atoms with Crippen molar-refractivity contribution in [3.8, 4) is 33.9 Å². The maximum atomic E-state index is 5.20. The lowest BCUT2D eigenvalue weighted by Crippen LogP contribution is -2.05. The molecular weight excluding hydrogens is 573 g/mol. The van der Waals surface area contributed by atoms with Crippen LogP contribution in [0, 0.1) is 0 Å². The number of allylic oxidation sites excluding steroid dienone is 1. The fraction of sp³-hybridized carbons (Fsp3) is 0.0465. The number of rotatable bonds is 4. The van der Waals surface area contributed by atoms with Gasteiger partial charge in [-0.05, 0) is 61.4 Å². The highest BCUT2D eigenvalue weighted by atomic mass is 15.0. The van der Waals surface area contributed by atoms with Crippen LogP contribution in [0.25, 0.3) is 78.3 Å². The van der Waals surface area contributed by atoms with E-state index in [4.69, 9.17) is 4.98 Å². The van der Waals surface area contributed by atoms with Gasteiger partial charge in [-0.1, -0.05) is 103 Å². The van der Waals surface area contributed by atoms with Gasteiger partial charge in [0.15, 0.2) is 0 Å². The van der Waals surface area contributed by atoms with E-state index in [2.05, 4.69) is 171 Å². The van der Waals surface area contributed by atoms with Crippen molar-refractivity contribution in [2.75, 3.05) is 0 Å². The predicted molar refractivity (Wildman–Crippen MR) is 195 cm³/mol. The first-order valence-corrected chi connectivity index (χ1v) is 16.3. The molecule has 222 valence electrons. The zero-order valence-electron chi connectivity index (χ0n) is 25.7. The number of benzene rings is 5. The Kier molecular flexibility index (Phi) is 5.67. The molecule has 4 aromatic heterocycles. The number of nitrogens with zero attached hydrogens (tertiary/aromatic N) is 4. The number of imidazole rings is 1. The van der Waals surface area contributed by atoms with Crippen LogP contribution in [0.4, 0.5) is 0 Å². The molecule has 0 amide bonds. The Morgan fingerprint density at radius 2 is 1.15 bits per heavy atom. The minimum Gasteiger partial charge on any atom is -0.313 e. The predicted octanol–water partition coefficient (Wildman–Crippen LogP) is 10.7. The van der Waals surface area contributed by atoms with Gasteiger partial charge in [-0.15, -0.1) is 0 Å². The molecule has 0 atom stereocenters. The summed E-state index contributed by atoms with van der Waals surface area (Å²) in [4.78, 5) is 5.20. The highest BCUT2D eigenvalue weighted by molar-refractivity contribution is 6.09. The summed E-state index contributed by atoms with van der Waals surface area (Å²) in [6.07, 6.45) is 8.79. The third-order valence-corrected chi connectivity index (χ3v) is 9.70. The van der Waals surface area contributed by atoms with E-state index in [1.54, 1.807) is 0 Å². The standard InChI is InChI=1S/C43H30N4/c1-2-14-29(15-3-1)42-43(45-25-13-12-24-41(45)44-42)30-26-31(46-37-20-8-4-16-33(37)34-17-5-9-21-38(34)46)28-32(27-30)47-39-22-10-6-18-35(39)36-19-7-11-23-40(36)47/h1-10,12-22,24-28H,11,23H2. The molecular formula is C43H30N4. The molecule has 0 spiro atoms. The summed E-state index contributed by atoms with van der Waals surface area (Å²) < 4.78 is 7.17. The molecule has 1 aliphatic rings. The molecule has 9 aromatic rings. The minimum absolute atomic E-state index is 0.930. The van der Waals surface area contributed by atoms with Gasteiger partial charge in [-0.2, -0.15) is 0 Å². The molecule has 4 heteroatoms. The summed E-state index contributed by atoms with van der Waals surface area (Å²) in [5.41, 5.74) is 13.8. The van der Waals surface area contributed by atoms with Crippen LogP contribution in [-0.2, 0) is 6.42 Å². The van der Waals surface area contributed by atoms with Crippen molar-refractivity contribution in [2.45, 2.75) is 12.8 Å². The number of pyridine rings is 1. The quantitative estimate of drug-likeness (QED) is 0.197. The van der Waals surface area contributed by atoms with E-state index in [0.717, 1.165) is 52.4 Å². The van der Waals surface area contributed by atoms with E-state index in [-0.39, 0.29) is 0 Å². The molecule has 4 heterocycles. The molecule has 47 heavy (non-hydrogen) atoms. The second kappa shape index (κ2) is 10.2. The largest absolute Gasteiger partial charge is 0.313 e. The van der Waals surface area contributed by atoms with Gasteiger partial charge < -0.3 is 9.13 Å². The molecule has 0 N–H and O–H groups in total. The van der Waals surface area contributed by atoms with E-state index >= 15 is 0 Å². The van der Waals surface area contributed by atoms with Crippen molar-refractivity contribution in [2.24, 2.45) is 0 Å². The summed E-state index contributed by atoms with van der Waals surface area (Å²) in [6.45, 7) is 0. The smallest absolute Gasteiger partial charge is 0.137 e. The molecule has 4 nitrogen and oxygen atoms in total. The van der Waals surface area contributed by atoms with Gasteiger partial charge in [0.05, 0.1) is 27.9 Å². The monoisotopic (exact) mass is 602 g/mol. The van der Waals surface area contributed by atoms with Crippen molar-refractivity contribution in [1.29, 1.82) is 0 Å². The zero-order chi connectivity index (χ0) is 30.9. The molecule has 0 radical (unpaired) electrons. The fourth-order valence-corrected chi connectivity index (χ4v) is 7.73. The number of aromatic nitrogens is 4. The van der Waals surface area contributed by atoms with Gasteiger partial charge in [0, 0.05) is 56.1 Å². The number of hydrogen-bond acceptors (Lipinski definition) is 1. The van der Waals surface area contributed by atoms with Crippen LogP contribution in [0.15, 0.2) is 152 Å². The molecule has 5 aromatic carbocycles. The zero-order valence-corrected chi connectivity index (χ0v) is 25.7. The van der Waals surface area contributed by atoms with Crippen LogP contribution in [0.1, 0.15) is 17.7 Å². The lowest BCUT2D eigenvalue weighted by atomic mass is 10.0. The van der Waals surface area contributed by atoms with E-state index in [9.17, 15) is 0 Å². The number of fused-ring (bicyclic) bond motifs is 7. The van der Waals surface area contributed by atoms with Crippen molar-refractivity contribution >= 4 is 44.4 Å². The third kappa shape index (κ3) is 3.91. The third-order valence-electron chi connectivity index (χ3n) is 9.70. The number of para-hydroxylation sites is 3. The Morgan fingerprint density at radius 3 is 1.89 bits per heavy atom. The molecule has 0 bridgehead atoms. The summed E-state index contributed by atoms with van der Waals surface area (Å²) in [6, 6.07) is 50.2. The van der Waals surface area contributed by atoms with E-state index in [0.29, 0.717) is 0 Å². The molecule has 0 aliphatic heterocycles. The molecule has 0 fully saturated rings. The second-order valence-corrected chi connectivity index (χ2v) is 12.4. The maximum Gasteiger partial charge on any atom is 0.137 e. The molecule has 10 rings (SSSR count). The van der Waals surface area contributed by atoms with Gasteiger partial charge in [0.1, 0.15) is 5.65 Å². The number of hydrogen-bond donors (Lipinski definition) is 0.